The molecule has 5 rings (SSSR count). The first kappa shape index (κ1) is 19.1. The van der Waals surface area contributed by atoms with Gasteiger partial charge in [-0.3, -0.25) is 14.7 Å². The van der Waals surface area contributed by atoms with Gasteiger partial charge in [0, 0.05) is 11.3 Å². The molecule has 0 aliphatic rings. The molecule has 0 bridgehead atoms. The van der Waals surface area contributed by atoms with Crippen LogP contribution in [0.2, 0.25) is 0 Å². The van der Waals surface area contributed by atoms with Gasteiger partial charge in [-0.2, -0.15) is 0 Å². The van der Waals surface area contributed by atoms with Crippen LogP contribution in [0.1, 0.15) is 0 Å². The molecule has 152 valence electrons. The van der Waals surface area contributed by atoms with Crippen molar-refractivity contribution in [1.29, 1.82) is 0 Å². The number of fused-ring (bicyclic) bond motifs is 1. The van der Waals surface area contributed by atoms with Gasteiger partial charge in [0.2, 0.25) is 11.8 Å². The Morgan fingerprint density at radius 1 is 0.903 bits per heavy atom. The lowest BCUT2D eigenvalue weighted by molar-refractivity contribution is -0.113. The number of hydrogen-bond donors (Lipinski definition) is 1. The largest absolute Gasteiger partial charge is 0.403 e. The van der Waals surface area contributed by atoms with E-state index in [-0.39, 0.29) is 17.7 Å². The first-order valence-corrected chi connectivity index (χ1v) is 10.6. The SMILES string of the molecule is O=C(CSc1nc2ccccc2n1-c1ccccc1)Nc1nnc(-c2ccccc2)o1. The minimum absolute atomic E-state index is 0.0704. The van der Waals surface area contributed by atoms with Crippen molar-refractivity contribution in [3.63, 3.8) is 0 Å². The lowest BCUT2D eigenvalue weighted by atomic mass is 10.2. The van der Waals surface area contributed by atoms with Crippen LogP contribution in [0.4, 0.5) is 6.01 Å². The number of carbonyl (C=O) groups excluding carboxylic acids is 1. The average molecular weight is 427 g/mol. The molecule has 1 N–H and O–H groups in total. The highest BCUT2D eigenvalue weighted by atomic mass is 32.2. The number of anilines is 1. The molecule has 1 amide bonds. The Labute approximate surface area is 182 Å². The van der Waals surface area contributed by atoms with Crippen LogP contribution in [-0.2, 0) is 4.79 Å². The van der Waals surface area contributed by atoms with Crippen molar-refractivity contribution in [3.8, 4) is 17.1 Å². The Hall–Kier alpha value is -3.91. The Morgan fingerprint density at radius 3 is 2.42 bits per heavy atom. The Bertz CT molecular complexity index is 1330. The molecule has 0 aliphatic heterocycles. The number of imidazole rings is 1. The van der Waals surface area contributed by atoms with Gasteiger partial charge in [0.05, 0.1) is 16.8 Å². The third-order valence-corrected chi connectivity index (χ3v) is 5.51. The predicted octanol–water partition coefficient (Wildman–Crippen LogP) is 4.81. The van der Waals surface area contributed by atoms with E-state index < -0.39 is 0 Å². The standard InChI is InChI=1S/C23H17N5O2S/c29-20(25-22-27-26-21(30-22)16-9-3-1-4-10-16)15-31-23-24-18-13-7-8-14-19(18)28(23)17-11-5-2-6-12-17/h1-14H,15H2,(H,25,27,29). The summed E-state index contributed by atoms with van der Waals surface area (Å²) in [7, 11) is 0. The molecule has 2 aromatic heterocycles. The zero-order valence-corrected chi connectivity index (χ0v) is 17.1. The molecule has 0 aliphatic carbocycles. The van der Waals surface area contributed by atoms with E-state index in [9.17, 15) is 4.79 Å². The van der Waals surface area contributed by atoms with Crippen molar-refractivity contribution in [1.82, 2.24) is 19.7 Å². The van der Waals surface area contributed by atoms with Crippen LogP contribution < -0.4 is 5.32 Å². The molecule has 3 aromatic carbocycles. The topological polar surface area (TPSA) is 85.8 Å². The van der Waals surface area contributed by atoms with E-state index in [2.05, 4.69) is 15.5 Å². The van der Waals surface area contributed by atoms with Crippen LogP contribution in [0.15, 0.2) is 94.5 Å². The molecule has 8 heteroatoms. The lowest BCUT2D eigenvalue weighted by Gasteiger charge is -2.08. The van der Waals surface area contributed by atoms with Crippen molar-refractivity contribution in [2.75, 3.05) is 11.1 Å². The second-order valence-electron chi connectivity index (χ2n) is 6.67. The van der Waals surface area contributed by atoms with Gasteiger partial charge in [-0.05, 0) is 36.4 Å². The van der Waals surface area contributed by atoms with Gasteiger partial charge in [0.15, 0.2) is 5.16 Å². The quantitative estimate of drug-likeness (QED) is 0.392. The number of rotatable bonds is 6. The molecule has 0 saturated heterocycles. The van der Waals surface area contributed by atoms with E-state index in [4.69, 9.17) is 9.40 Å². The Balaban J connectivity index is 1.32. The molecule has 0 fully saturated rings. The zero-order valence-electron chi connectivity index (χ0n) is 16.3. The van der Waals surface area contributed by atoms with E-state index in [0.29, 0.717) is 5.89 Å². The van der Waals surface area contributed by atoms with Crippen LogP contribution in [0.3, 0.4) is 0 Å². The van der Waals surface area contributed by atoms with E-state index in [1.807, 2.05) is 89.5 Å². The minimum atomic E-state index is -0.250. The van der Waals surface area contributed by atoms with Gasteiger partial charge in [-0.15, -0.1) is 5.10 Å². The van der Waals surface area contributed by atoms with Crippen molar-refractivity contribution in [2.24, 2.45) is 0 Å². The van der Waals surface area contributed by atoms with Crippen LogP contribution in [-0.4, -0.2) is 31.4 Å². The van der Waals surface area contributed by atoms with E-state index in [1.54, 1.807) is 0 Å². The summed E-state index contributed by atoms with van der Waals surface area (Å²) >= 11 is 1.35. The van der Waals surface area contributed by atoms with Gasteiger partial charge >= 0.3 is 6.01 Å². The third kappa shape index (κ3) is 4.06. The fraction of sp³-hybridized carbons (Fsp3) is 0.0435. The molecule has 0 radical (unpaired) electrons. The third-order valence-electron chi connectivity index (χ3n) is 4.57. The number of aromatic nitrogens is 4. The molecule has 7 nitrogen and oxygen atoms in total. The number of para-hydroxylation sites is 3. The number of amides is 1. The first-order chi connectivity index (χ1) is 15.3. The van der Waals surface area contributed by atoms with Crippen molar-refractivity contribution in [3.05, 3.63) is 84.9 Å². The van der Waals surface area contributed by atoms with E-state index in [1.165, 1.54) is 11.8 Å². The second-order valence-corrected chi connectivity index (χ2v) is 7.61. The monoisotopic (exact) mass is 427 g/mol. The summed E-state index contributed by atoms with van der Waals surface area (Å²) in [5, 5.41) is 11.3. The molecular weight excluding hydrogens is 410 g/mol. The maximum Gasteiger partial charge on any atom is 0.322 e. The molecule has 2 heterocycles. The van der Waals surface area contributed by atoms with E-state index in [0.717, 1.165) is 27.4 Å². The van der Waals surface area contributed by atoms with Gasteiger partial charge in [0.1, 0.15) is 0 Å². The molecule has 0 spiro atoms. The van der Waals surface area contributed by atoms with Crippen molar-refractivity contribution >= 4 is 34.7 Å². The lowest BCUT2D eigenvalue weighted by Crippen LogP contribution is -2.14. The molecular formula is C23H17N5O2S. The molecule has 31 heavy (non-hydrogen) atoms. The number of hydrogen-bond acceptors (Lipinski definition) is 6. The smallest absolute Gasteiger partial charge is 0.322 e. The summed E-state index contributed by atoms with van der Waals surface area (Å²) in [5.74, 6) is 0.258. The van der Waals surface area contributed by atoms with Gasteiger partial charge < -0.3 is 4.42 Å². The van der Waals surface area contributed by atoms with Crippen LogP contribution >= 0.6 is 11.8 Å². The van der Waals surface area contributed by atoms with Gasteiger partial charge in [0.25, 0.3) is 0 Å². The normalized spacial score (nSPS) is 11.0. The van der Waals surface area contributed by atoms with E-state index >= 15 is 0 Å². The summed E-state index contributed by atoms with van der Waals surface area (Å²) in [4.78, 5) is 17.2. The fourth-order valence-corrected chi connectivity index (χ4v) is 4.01. The number of carbonyl (C=O) groups is 1. The zero-order chi connectivity index (χ0) is 21.0. The highest BCUT2D eigenvalue weighted by Crippen LogP contribution is 2.28. The van der Waals surface area contributed by atoms with Gasteiger partial charge in [-0.25, -0.2) is 4.98 Å². The van der Waals surface area contributed by atoms with Crippen molar-refractivity contribution < 1.29 is 9.21 Å². The maximum atomic E-state index is 12.5. The average Bonchev–Trinajstić information content (AvgIpc) is 3.43. The van der Waals surface area contributed by atoms with Crippen LogP contribution in [0.25, 0.3) is 28.2 Å². The summed E-state index contributed by atoms with van der Waals surface area (Å²) in [6.45, 7) is 0. The highest BCUT2D eigenvalue weighted by molar-refractivity contribution is 7.99. The minimum Gasteiger partial charge on any atom is -0.403 e. The first-order valence-electron chi connectivity index (χ1n) is 9.62. The Morgan fingerprint density at radius 2 is 1.61 bits per heavy atom. The van der Waals surface area contributed by atoms with Crippen LogP contribution in [0.5, 0.6) is 0 Å². The second kappa shape index (κ2) is 8.45. The number of nitrogens with zero attached hydrogens (tertiary/aromatic N) is 4. The number of benzene rings is 3. The number of nitrogens with one attached hydrogen (secondary N) is 1. The van der Waals surface area contributed by atoms with Crippen molar-refractivity contribution in [2.45, 2.75) is 5.16 Å². The molecule has 0 unspecified atom stereocenters. The Kier molecular flexibility index (Phi) is 5.20. The summed E-state index contributed by atoms with van der Waals surface area (Å²) < 4.78 is 7.60. The summed E-state index contributed by atoms with van der Waals surface area (Å²) in [5.41, 5.74) is 3.64. The van der Waals surface area contributed by atoms with Crippen LogP contribution in [0, 0.1) is 0 Å². The van der Waals surface area contributed by atoms with Gasteiger partial charge in [-0.1, -0.05) is 65.4 Å². The summed E-state index contributed by atoms with van der Waals surface area (Å²) in [6.07, 6.45) is 0. The summed E-state index contributed by atoms with van der Waals surface area (Å²) in [6, 6.07) is 27.3. The number of thioether (sulfide) groups is 1. The highest BCUT2D eigenvalue weighted by Gasteiger charge is 2.16. The molecule has 5 aromatic rings. The molecule has 0 saturated carbocycles. The molecule has 0 atom stereocenters. The predicted molar refractivity (Wildman–Crippen MR) is 120 cm³/mol. The fourth-order valence-electron chi connectivity index (χ4n) is 3.18. The maximum absolute atomic E-state index is 12.5.